The van der Waals surface area contributed by atoms with Crippen LogP contribution < -0.4 is 0 Å². The summed E-state index contributed by atoms with van der Waals surface area (Å²) in [6.07, 6.45) is 0.826. The van der Waals surface area contributed by atoms with Crippen LogP contribution in [0.25, 0.3) is 0 Å². The largest absolute Gasteiger partial charge is 0.478 e. The third kappa shape index (κ3) is 3.42. The third-order valence-electron chi connectivity index (χ3n) is 3.57. The lowest BCUT2D eigenvalue weighted by molar-refractivity contribution is 0.0692. The smallest absolute Gasteiger partial charge is 0.337 e. The first kappa shape index (κ1) is 15.9. The zero-order valence-electron chi connectivity index (χ0n) is 11.9. The number of sulfonamides is 1. The molecule has 7 heteroatoms. The van der Waals surface area contributed by atoms with Crippen molar-refractivity contribution in [1.29, 1.82) is 0 Å². The first-order chi connectivity index (χ1) is 9.96. The normalized spacial score (nSPS) is 19.0. The molecule has 1 aliphatic rings. The van der Waals surface area contributed by atoms with Crippen molar-refractivity contribution in [3.05, 3.63) is 29.8 Å². The van der Waals surface area contributed by atoms with Gasteiger partial charge in [-0.2, -0.15) is 4.31 Å². The highest BCUT2D eigenvalue weighted by atomic mass is 32.2. The summed E-state index contributed by atoms with van der Waals surface area (Å²) in [7, 11) is -3.82. The summed E-state index contributed by atoms with van der Waals surface area (Å²) in [4.78, 5) is 11.1. The van der Waals surface area contributed by atoms with Gasteiger partial charge in [0.25, 0.3) is 0 Å². The van der Waals surface area contributed by atoms with Crippen LogP contribution in [0.4, 0.5) is 0 Å². The molecule has 1 fully saturated rings. The minimum Gasteiger partial charge on any atom is -0.478 e. The second-order valence-corrected chi connectivity index (χ2v) is 6.89. The number of hydrogen-bond acceptors (Lipinski definition) is 4. The molecule has 1 aromatic rings. The van der Waals surface area contributed by atoms with Crippen LogP contribution in [0.2, 0.25) is 0 Å². The maximum Gasteiger partial charge on any atom is 0.337 e. The van der Waals surface area contributed by atoms with Crippen LogP contribution in [0.3, 0.4) is 0 Å². The highest BCUT2D eigenvalue weighted by molar-refractivity contribution is 7.89. The Kier molecular flexibility index (Phi) is 4.97. The maximum absolute atomic E-state index is 12.7. The van der Waals surface area contributed by atoms with Gasteiger partial charge in [0.15, 0.2) is 0 Å². The van der Waals surface area contributed by atoms with Gasteiger partial charge in [0.2, 0.25) is 10.0 Å². The number of rotatable bonds is 6. The Bertz CT molecular complexity index is 608. The molecular formula is C14H19NO5S. The number of benzene rings is 1. The Balaban J connectivity index is 2.32. The zero-order chi connectivity index (χ0) is 15.5. The Morgan fingerprint density at radius 3 is 2.71 bits per heavy atom. The molecule has 1 saturated heterocycles. The molecule has 0 aromatic heterocycles. The van der Waals surface area contributed by atoms with Crippen molar-refractivity contribution in [2.75, 3.05) is 26.3 Å². The molecule has 116 valence electrons. The van der Waals surface area contributed by atoms with E-state index >= 15 is 0 Å². The molecule has 0 aliphatic carbocycles. The number of nitrogens with zero attached hydrogens (tertiary/aromatic N) is 1. The van der Waals surface area contributed by atoms with Crippen molar-refractivity contribution in [1.82, 2.24) is 4.31 Å². The zero-order valence-corrected chi connectivity index (χ0v) is 12.7. The van der Waals surface area contributed by atoms with Gasteiger partial charge in [0.05, 0.1) is 17.1 Å². The fourth-order valence-electron chi connectivity index (χ4n) is 2.42. The van der Waals surface area contributed by atoms with Crippen molar-refractivity contribution in [2.45, 2.75) is 18.2 Å². The van der Waals surface area contributed by atoms with E-state index in [4.69, 9.17) is 9.84 Å². The van der Waals surface area contributed by atoms with Crippen molar-refractivity contribution in [2.24, 2.45) is 5.92 Å². The van der Waals surface area contributed by atoms with E-state index in [1.807, 2.05) is 0 Å². The van der Waals surface area contributed by atoms with Gasteiger partial charge in [-0.15, -0.1) is 0 Å². The van der Waals surface area contributed by atoms with Crippen molar-refractivity contribution < 1.29 is 23.1 Å². The van der Waals surface area contributed by atoms with E-state index in [1.54, 1.807) is 6.92 Å². The molecule has 2 rings (SSSR count). The van der Waals surface area contributed by atoms with Crippen LogP contribution >= 0.6 is 0 Å². The van der Waals surface area contributed by atoms with E-state index < -0.39 is 16.0 Å². The molecule has 1 atom stereocenters. The predicted molar refractivity (Wildman–Crippen MR) is 76.8 cm³/mol. The molecule has 1 aromatic carbocycles. The molecule has 6 nitrogen and oxygen atoms in total. The number of ether oxygens (including phenoxy) is 1. The Labute approximate surface area is 124 Å². The number of hydrogen-bond donors (Lipinski definition) is 1. The van der Waals surface area contributed by atoms with Crippen LogP contribution in [0.15, 0.2) is 29.2 Å². The van der Waals surface area contributed by atoms with Crippen molar-refractivity contribution >= 4 is 16.0 Å². The van der Waals surface area contributed by atoms with Crippen LogP contribution in [-0.4, -0.2) is 50.1 Å². The Morgan fingerprint density at radius 2 is 2.14 bits per heavy atom. The lowest BCUT2D eigenvalue weighted by Crippen LogP contribution is -2.36. The molecule has 0 amide bonds. The van der Waals surface area contributed by atoms with E-state index in [1.165, 1.54) is 28.6 Å². The summed E-state index contributed by atoms with van der Waals surface area (Å²) in [5, 5.41) is 9.16. The van der Waals surface area contributed by atoms with Gasteiger partial charge in [0, 0.05) is 19.7 Å². The summed E-state index contributed by atoms with van der Waals surface area (Å²) >= 11 is 0. The number of carbonyl (C=O) groups is 1. The second kappa shape index (κ2) is 6.55. The molecule has 0 saturated carbocycles. The molecule has 21 heavy (non-hydrogen) atoms. The van der Waals surface area contributed by atoms with Gasteiger partial charge >= 0.3 is 5.97 Å². The van der Waals surface area contributed by atoms with Gasteiger partial charge in [-0.25, -0.2) is 13.2 Å². The monoisotopic (exact) mass is 313 g/mol. The second-order valence-electron chi connectivity index (χ2n) is 4.99. The van der Waals surface area contributed by atoms with Gasteiger partial charge in [0.1, 0.15) is 0 Å². The highest BCUT2D eigenvalue weighted by Gasteiger charge is 2.30. The number of carboxylic acids is 1. The van der Waals surface area contributed by atoms with Crippen LogP contribution in [-0.2, 0) is 14.8 Å². The minimum absolute atomic E-state index is 0.154. The Hall–Kier alpha value is -1.44. The van der Waals surface area contributed by atoms with Gasteiger partial charge in [-0.1, -0.05) is 19.1 Å². The summed E-state index contributed by atoms with van der Waals surface area (Å²) < 4.78 is 32.0. The standard InChI is InChI=1S/C14H19NO5S/c1-2-15(9-11-7-8-20-10-11)21(18,19)13-6-4-3-5-12(13)14(16)17/h3-6,11H,2,7-10H2,1H3,(H,16,17). The molecule has 1 heterocycles. The van der Waals surface area contributed by atoms with E-state index in [9.17, 15) is 13.2 Å². The molecule has 0 spiro atoms. The van der Waals surface area contributed by atoms with E-state index in [0.717, 1.165) is 6.42 Å². The summed E-state index contributed by atoms with van der Waals surface area (Å²) in [6.45, 7) is 3.59. The quantitative estimate of drug-likeness (QED) is 0.859. The minimum atomic E-state index is -3.82. The molecular weight excluding hydrogens is 294 g/mol. The summed E-state index contributed by atoms with van der Waals surface area (Å²) in [5.41, 5.74) is -0.196. The van der Waals surface area contributed by atoms with E-state index in [2.05, 4.69) is 0 Å². The molecule has 1 aliphatic heterocycles. The molecule has 0 radical (unpaired) electrons. The number of carboxylic acid groups (broad SMARTS) is 1. The Morgan fingerprint density at radius 1 is 1.43 bits per heavy atom. The van der Waals surface area contributed by atoms with E-state index in [-0.39, 0.29) is 16.4 Å². The topological polar surface area (TPSA) is 83.9 Å². The lowest BCUT2D eigenvalue weighted by atomic mass is 10.1. The van der Waals surface area contributed by atoms with Crippen LogP contribution in [0.5, 0.6) is 0 Å². The van der Waals surface area contributed by atoms with Crippen LogP contribution in [0.1, 0.15) is 23.7 Å². The lowest BCUT2D eigenvalue weighted by Gasteiger charge is -2.23. The average Bonchev–Trinajstić information content (AvgIpc) is 2.97. The molecule has 0 bridgehead atoms. The van der Waals surface area contributed by atoms with E-state index in [0.29, 0.717) is 26.3 Å². The highest BCUT2D eigenvalue weighted by Crippen LogP contribution is 2.23. The first-order valence-corrected chi connectivity index (χ1v) is 8.31. The van der Waals surface area contributed by atoms with Gasteiger partial charge in [-0.05, 0) is 24.5 Å². The van der Waals surface area contributed by atoms with Crippen molar-refractivity contribution in [3.8, 4) is 0 Å². The maximum atomic E-state index is 12.7. The predicted octanol–water partition coefficient (Wildman–Crippen LogP) is 1.43. The third-order valence-corrected chi connectivity index (χ3v) is 5.57. The summed E-state index contributed by atoms with van der Waals surface area (Å²) in [5.74, 6) is -1.08. The molecule has 1 unspecified atom stereocenters. The summed E-state index contributed by atoms with van der Waals surface area (Å²) in [6, 6.07) is 5.70. The van der Waals surface area contributed by atoms with Gasteiger partial charge in [-0.3, -0.25) is 0 Å². The first-order valence-electron chi connectivity index (χ1n) is 6.87. The number of aromatic carboxylic acids is 1. The van der Waals surface area contributed by atoms with Gasteiger partial charge < -0.3 is 9.84 Å². The fourth-order valence-corrected chi connectivity index (χ4v) is 4.13. The van der Waals surface area contributed by atoms with Crippen molar-refractivity contribution in [3.63, 3.8) is 0 Å². The van der Waals surface area contributed by atoms with Crippen LogP contribution in [0, 0.1) is 5.92 Å². The SMILES string of the molecule is CCN(CC1CCOC1)S(=O)(=O)c1ccccc1C(=O)O. The molecule has 1 N–H and O–H groups in total. The average molecular weight is 313 g/mol. The fraction of sp³-hybridized carbons (Fsp3) is 0.500.